The fraction of sp³-hybridized carbons (Fsp3) is 0.294. The van der Waals surface area contributed by atoms with E-state index in [0.29, 0.717) is 5.69 Å². The first-order valence-electron chi connectivity index (χ1n) is 7.09. The average molecular weight is 302 g/mol. The zero-order valence-electron chi connectivity index (χ0n) is 12.4. The predicted octanol–water partition coefficient (Wildman–Crippen LogP) is 3.96. The van der Waals surface area contributed by atoms with E-state index in [1.165, 1.54) is 0 Å². The van der Waals surface area contributed by atoms with Crippen LogP contribution in [0.5, 0.6) is 0 Å². The van der Waals surface area contributed by atoms with Crippen LogP contribution in [-0.2, 0) is 4.79 Å². The van der Waals surface area contributed by atoms with Crippen molar-refractivity contribution in [3.63, 3.8) is 0 Å². The molecule has 0 radical (unpaired) electrons. The van der Waals surface area contributed by atoms with Crippen LogP contribution in [0.15, 0.2) is 36.5 Å². The molecule has 0 bridgehead atoms. The first-order chi connectivity index (χ1) is 10.4. The van der Waals surface area contributed by atoms with Crippen molar-refractivity contribution in [3.05, 3.63) is 47.7 Å². The van der Waals surface area contributed by atoms with Gasteiger partial charge >= 0.3 is 0 Å². The second kappa shape index (κ2) is 5.16. The lowest BCUT2D eigenvalue weighted by Crippen LogP contribution is -2.17. The van der Waals surface area contributed by atoms with Gasteiger partial charge in [-0.25, -0.2) is 8.78 Å². The predicted molar refractivity (Wildman–Crippen MR) is 80.8 cm³/mol. The molecule has 0 unspecified atom stereocenters. The molecule has 5 heteroatoms. The Bertz CT molecular complexity index is 743. The largest absolute Gasteiger partial charge is 0.326 e. The van der Waals surface area contributed by atoms with E-state index in [1.807, 2.05) is 32.0 Å². The second-order valence-corrected chi connectivity index (χ2v) is 5.76. The smallest absolute Gasteiger partial charge is 0.260 e. The van der Waals surface area contributed by atoms with Gasteiger partial charge in [-0.05, 0) is 49.2 Å². The highest BCUT2D eigenvalue weighted by molar-refractivity contribution is 5.95. The molecule has 0 saturated heterocycles. The number of aromatic nitrogens is 1. The van der Waals surface area contributed by atoms with Crippen molar-refractivity contribution in [2.24, 2.45) is 5.92 Å². The molecule has 0 aliphatic heterocycles. The van der Waals surface area contributed by atoms with Crippen molar-refractivity contribution < 1.29 is 13.6 Å². The average Bonchev–Trinajstić information content (AvgIpc) is 3.10. The van der Waals surface area contributed by atoms with Gasteiger partial charge < -0.3 is 5.32 Å². The van der Waals surface area contributed by atoms with Crippen molar-refractivity contribution >= 4 is 11.6 Å². The molecule has 114 valence electrons. The van der Waals surface area contributed by atoms with E-state index >= 15 is 0 Å². The maximum absolute atomic E-state index is 12.9. The van der Waals surface area contributed by atoms with Gasteiger partial charge in [0.05, 0.1) is 5.69 Å². The zero-order valence-corrected chi connectivity index (χ0v) is 12.4. The highest BCUT2D eigenvalue weighted by Crippen LogP contribution is 2.49. The van der Waals surface area contributed by atoms with Crippen molar-refractivity contribution in [1.29, 1.82) is 0 Å². The molecule has 1 aliphatic carbocycles. The number of hydrogen-bond acceptors (Lipinski definition) is 2. The number of rotatable bonds is 3. The number of benzene rings is 1. The first-order valence-corrected chi connectivity index (χ1v) is 7.09. The van der Waals surface area contributed by atoms with Crippen molar-refractivity contribution in [1.82, 2.24) is 4.98 Å². The number of carbonyl (C=O) groups is 1. The second-order valence-electron chi connectivity index (χ2n) is 5.76. The minimum Gasteiger partial charge on any atom is -0.326 e. The molecule has 1 N–H and O–H groups in total. The van der Waals surface area contributed by atoms with E-state index in [0.717, 1.165) is 22.4 Å². The minimum atomic E-state index is -2.85. The Hall–Kier alpha value is -2.30. The van der Waals surface area contributed by atoms with Gasteiger partial charge in [0.1, 0.15) is 5.92 Å². The van der Waals surface area contributed by atoms with Crippen LogP contribution < -0.4 is 5.32 Å². The van der Waals surface area contributed by atoms with Gasteiger partial charge in [-0.1, -0.05) is 6.07 Å². The van der Waals surface area contributed by atoms with Gasteiger partial charge in [0.2, 0.25) is 5.91 Å². The van der Waals surface area contributed by atoms with E-state index in [4.69, 9.17) is 0 Å². The number of aryl methyl sites for hydroxylation is 2. The lowest BCUT2D eigenvalue weighted by molar-refractivity contribution is -0.119. The molecule has 3 rings (SSSR count). The van der Waals surface area contributed by atoms with Crippen LogP contribution in [0.1, 0.15) is 17.5 Å². The fourth-order valence-electron chi connectivity index (χ4n) is 2.39. The van der Waals surface area contributed by atoms with E-state index in [1.54, 1.807) is 18.3 Å². The Morgan fingerprint density at radius 1 is 1.27 bits per heavy atom. The monoisotopic (exact) mass is 302 g/mol. The number of nitrogens with zero attached hydrogens (tertiary/aromatic N) is 1. The van der Waals surface area contributed by atoms with Crippen LogP contribution in [0.25, 0.3) is 11.3 Å². The summed E-state index contributed by atoms with van der Waals surface area (Å²) >= 11 is 0. The third-order valence-corrected chi connectivity index (χ3v) is 3.84. The van der Waals surface area contributed by atoms with Gasteiger partial charge in [0, 0.05) is 23.9 Å². The molecule has 1 saturated carbocycles. The van der Waals surface area contributed by atoms with Crippen molar-refractivity contribution in [2.45, 2.75) is 26.2 Å². The number of carbonyl (C=O) groups excluding carboxylic acids is 1. The van der Waals surface area contributed by atoms with Gasteiger partial charge in [-0.2, -0.15) is 0 Å². The standard InChI is InChI=1S/C17H16F2N2O/c1-10-5-6-20-15(7-10)13-8-12(4-3-11(13)2)21-16(22)14-9-17(14,18)19/h3-8,14H,9H2,1-2H3,(H,21,22)/t14-/m1/s1. The number of hydrogen-bond donors (Lipinski definition) is 1. The molecule has 0 spiro atoms. The maximum Gasteiger partial charge on any atom is 0.260 e. The molecule has 1 heterocycles. The summed E-state index contributed by atoms with van der Waals surface area (Å²) in [4.78, 5) is 16.1. The third kappa shape index (κ3) is 2.84. The van der Waals surface area contributed by atoms with Crippen LogP contribution in [0.3, 0.4) is 0 Å². The molecule has 22 heavy (non-hydrogen) atoms. The van der Waals surface area contributed by atoms with Crippen LogP contribution in [0, 0.1) is 19.8 Å². The van der Waals surface area contributed by atoms with Crippen LogP contribution in [0.4, 0.5) is 14.5 Å². The maximum atomic E-state index is 12.9. The number of halogens is 2. The molecule has 3 nitrogen and oxygen atoms in total. The Balaban J connectivity index is 1.86. The topological polar surface area (TPSA) is 42.0 Å². The van der Waals surface area contributed by atoms with Gasteiger partial charge in [0.15, 0.2) is 0 Å². The number of anilines is 1. The Kier molecular flexibility index (Phi) is 3.43. The number of amides is 1. The van der Waals surface area contributed by atoms with Crippen LogP contribution in [0.2, 0.25) is 0 Å². The highest BCUT2D eigenvalue weighted by Gasteiger charge is 2.61. The Morgan fingerprint density at radius 2 is 2.00 bits per heavy atom. The summed E-state index contributed by atoms with van der Waals surface area (Å²) < 4.78 is 25.9. The summed E-state index contributed by atoms with van der Waals surface area (Å²) in [5, 5.41) is 2.56. The summed E-state index contributed by atoms with van der Waals surface area (Å²) in [6.45, 7) is 3.92. The minimum absolute atomic E-state index is 0.364. The molecule has 1 atom stereocenters. The van der Waals surface area contributed by atoms with Crippen LogP contribution in [-0.4, -0.2) is 16.8 Å². The summed E-state index contributed by atoms with van der Waals surface area (Å²) in [7, 11) is 0. The molecule has 2 aromatic rings. The molecular weight excluding hydrogens is 286 g/mol. The number of pyridine rings is 1. The van der Waals surface area contributed by atoms with Crippen molar-refractivity contribution in [3.8, 4) is 11.3 Å². The van der Waals surface area contributed by atoms with Gasteiger partial charge in [-0.15, -0.1) is 0 Å². The molecule has 1 aromatic heterocycles. The SMILES string of the molecule is Cc1ccnc(-c2cc(NC(=O)[C@H]3CC3(F)F)ccc2C)c1. The molecule has 1 fully saturated rings. The summed E-state index contributed by atoms with van der Waals surface area (Å²) in [6, 6.07) is 9.19. The third-order valence-electron chi connectivity index (χ3n) is 3.84. The zero-order chi connectivity index (χ0) is 15.9. The van der Waals surface area contributed by atoms with E-state index in [9.17, 15) is 13.6 Å². The molecule has 1 amide bonds. The van der Waals surface area contributed by atoms with Gasteiger partial charge in [-0.3, -0.25) is 9.78 Å². The Labute approximate surface area is 127 Å². The fourth-order valence-corrected chi connectivity index (χ4v) is 2.39. The lowest BCUT2D eigenvalue weighted by Gasteiger charge is -2.10. The lowest BCUT2D eigenvalue weighted by atomic mass is 10.0. The normalized spacial score (nSPS) is 18.8. The van der Waals surface area contributed by atoms with E-state index < -0.39 is 17.7 Å². The first kappa shape index (κ1) is 14.6. The number of nitrogens with one attached hydrogen (secondary N) is 1. The summed E-state index contributed by atoms with van der Waals surface area (Å²) in [5.41, 5.74) is 4.27. The quantitative estimate of drug-likeness (QED) is 0.932. The number of alkyl halides is 2. The molecular formula is C17H16F2N2O. The molecule has 1 aliphatic rings. The Morgan fingerprint density at radius 3 is 2.64 bits per heavy atom. The molecule has 1 aromatic carbocycles. The van der Waals surface area contributed by atoms with E-state index in [2.05, 4.69) is 10.3 Å². The van der Waals surface area contributed by atoms with Gasteiger partial charge in [0.25, 0.3) is 5.92 Å². The summed E-state index contributed by atoms with van der Waals surface area (Å²) in [6.07, 6.45) is 1.36. The highest BCUT2D eigenvalue weighted by atomic mass is 19.3. The summed E-state index contributed by atoms with van der Waals surface area (Å²) in [5.74, 6) is -4.68. The van der Waals surface area contributed by atoms with Crippen LogP contribution >= 0.6 is 0 Å². The van der Waals surface area contributed by atoms with E-state index in [-0.39, 0.29) is 6.42 Å². The van der Waals surface area contributed by atoms with Crippen molar-refractivity contribution in [2.75, 3.05) is 5.32 Å².